The molecule has 2 fully saturated rings. The van der Waals surface area contributed by atoms with Crippen LogP contribution < -0.4 is 10.6 Å². The van der Waals surface area contributed by atoms with E-state index >= 15 is 0 Å². The summed E-state index contributed by atoms with van der Waals surface area (Å²) in [5, 5.41) is 5.06. The molecule has 1 atom stereocenters. The molecule has 2 aromatic heterocycles. The normalized spacial score (nSPS) is 26.4. The van der Waals surface area contributed by atoms with Crippen LogP contribution in [0.4, 0.5) is 11.8 Å². The van der Waals surface area contributed by atoms with E-state index in [1.165, 1.54) is 32.4 Å². The molecule has 2 N–H and O–H groups in total. The minimum absolute atomic E-state index is 0.395. The monoisotopic (exact) mass is 301 g/mol. The zero-order chi connectivity index (χ0) is 15.3. The first-order valence-electron chi connectivity index (χ1n) is 7.95. The van der Waals surface area contributed by atoms with Gasteiger partial charge in [-0.15, -0.1) is 0 Å². The summed E-state index contributed by atoms with van der Waals surface area (Å²) in [6.45, 7) is 4.40. The first-order chi connectivity index (χ1) is 10.6. The Labute approximate surface area is 130 Å². The molecule has 22 heavy (non-hydrogen) atoms. The molecule has 7 nitrogen and oxygen atoms in total. The van der Waals surface area contributed by atoms with E-state index in [0.717, 1.165) is 30.1 Å². The van der Waals surface area contributed by atoms with Gasteiger partial charge in [-0.1, -0.05) is 0 Å². The van der Waals surface area contributed by atoms with Gasteiger partial charge in [-0.05, 0) is 32.9 Å². The molecule has 0 aliphatic carbocycles. The molecule has 4 heterocycles. The van der Waals surface area contributed by atoms with Crippen molar-refractivity contribution in [1.29, 1.82) is 0 Å². The standard InChI is InChI=1S/C15H23N7/c1-20-7-5-15(9-20)4-3-6-22(10-15)14-18-12(16)11-8-17-21(2)13(11)19-14/h8H,3-7,9-10H2,1-2H3,(H2,16,18,19). The van der Waals surface area contributed by atoms with Gasteiger partial charge in [0.1, 0.15) is 5.82 Å². The average Bonchev–Trinajstić information content (AvgIpc) is 3.04. The Bertz CT molecular complexity index is 705. The number of nitrogen functional groups attached to an aromatic ring is 1. The van der Waals surface area contributed by atoms with Gasteiger partial charge < -0.3 is 15.5 Å². The Kier molecular flexibility index (Phi) is 3.00. The summed E-state index contributed by atoms with van der Waals surface area (Å²) in [7, 11) is 4.10. The summed E-state index contributed by atoms with van der Waals surface area (Å²) in [5.41, 5.74) is 7.31. The topological polar surface area (TPSA) is 76.1 Å². The predicted octanol–water partition coefficient (Wildman–Crippen LogP) is 0.868. The molecule has 1 unspecified atom stereocenters. The van der Waals surface area contributed by atoms with Crippen LogP contribution in [0.25, 0.3) is 11.0 Å². The van der Waals surface area contributed by atoms with E-state index in [2.05, 4.69) is 26.9 Å². The zero-order valence-corrected chi connectivity index (χ0v) is 13.3. The molecule has 1 spiro atoms. The number of piperidine rings is 1. The number of nitrogens with zero attached hydrogens (tertiary/aromatic N) is 6. The fourth-order valence-electron chi connectivity index (χ4n) is 4.04. The molecular weight excluding hydrogens is 278 g/mol. The van der Waals surface area contributed by atoms with Gasteiger partial charge in [0, 0.05) is 32.1 Å². The lowest BCUT2D eigenvalue weighted by atomic mass is 9.79. The van der Waals surface area contributed by atoms with E-state index in [9.17, 15) is 0 Å². The molecule has 0 aromatic carbocycles. The molecule has 0 saturated carbocycles. The van der Waals surface area contributed by atoms with Gasteiger partial charge in [0.05, 0.1) is 11.6 Å². The third-order valence-corrected chi connectivity index (χ3v) is 5.18. The van der Waals surface area contributed by atoms with Crippen molar-refractivity contribution in [2.24, 2.45) is 12.5 Å². The van der Waals surface area contributed by atoms with Crippen LogP contribution in [-0.2, 0) is 7.05 Å². The Morgan fingerprint density at radius 3 is 2.77 bits per heavy atom. The van der Waals surface area contributed by atoms with Crippen molar-refractivity contribution in [3.63, 3.8) is 0 Å². The molecule has 2 aliphatic heterocycles. The lowest BCUT2D eigenvalue weighted by Crippen LogP contribution is -2.45. The van der Waals surface area contributed by atoms with Crippen LogP contribution in [0.15, 0.2) is 6.20 Å². The molecule has 0 radical (unpaired) electrons. The van der Waals surface area contributed by atoms with Crippen LogP contribution in [0, 0.1) is 5.41 Å². The molecule has 2 aliphatic rings. The van der Waals surface area contributed by atoms with Crippen molar-refractivity contribution in [2.75, 3.05) is 43.9 Å². The summed E-state index contributed by atoms with van der Waals surface area (Å²) >= 11 is 0. The van der Waals surface area contributed by atoms with Crippen molar-refractivity contribution in [3.8, 4) is 0 Å². The maximum atomic E-state index is 6.10. The number of likely N-dealkylation sites (tertiary alicyclic amines) is 1. The highest BCUT2D eigenvalue weighted by Crippen LogP contribution is 2.39. The van der Waals surface area contributed by atoms with Gasteiger partial charge in [0.15, 0.2) is 5.65 Å². The second-order valence-electron chi connectivity index (χ2n) is 6.93. The molecule has 118 valence electrons. The highest BCUT2D eigenvalue weighted by atomic mass is 15.3. The van der Waals surface area contributed by atoms with E-state index in [-0.39, 0.29) is 0 Å². The van der Waals surface area contributed by atoms with Gasteiger partial charge in [0.2, 0.25) is 5.95 Å². The van der Waals surface area contributed by atoms with Crippen LogP contribution in [0.3, 0.4) is 0 Å². The van der Waals surface area contributed by atoms with Crippen LogP contribution in [-0.4, -0.2) is 57.9 Å². The quantitative estimate of drug-likeness (QED) is 0.842. The minimum Gasteiger partial charge on any atom is -0.383 e. The number of aryl methyl sites for hydroxylation is 1. The SMILES string of the molecule is CN1CCC2(CCCN(c3nc(N)c4cnn(C)c4n3)C2)C1. The maximum Gasteiger partial charge on any atom is 0.229 e. The number of aromatic nitrogens is 4. The minimum atomic E-state index is 0.395. The van der Waals surface area contributed by atoms with Crippen LogP contribution in [0.2, 0.25) is 0 Å². The summed E-state index contributed by atoms with van der Waals surface area (Å²) in [4.78, 5) is 14.0. The number of anilines is 2. The molecule has 2 aromatic rings. The lowest BCUT2D eigenvalue weighted by Gasteiger charge is -2.40. The van der Waals surface area contributed by atoms with Crippen molar-refractivity contribution in [2.45, 2.75) is 19.3 Å². The number of nitrogens with two attached hydrogens (primary N) is 1. The van der Waals surface area contributed by atoms with E-state index in [1.54, 1.807) is 10.9 Å². The Morgan fingerprint density at radius 2 is 2.00 bits per heavy atom. The first kappa shape index (κ1) is 13.8. The number of rotatable bonds is 1. The van der Waals surface area contributed by atoms with Gasteiger partial charge in [-0.25, -0.2) is 0 Å². The second-order valence-corrected chi connectivity index (χ2v) is 6.93. The molecular formula is C15H23N7. The zero-order valence-electron chi connectivity index (χ0n) is 13.3. The highest BCUT2D eigenvalue weighted by molar-refractivity contribution is 5.86. The molecule has 0 amide bonds. The fourth-order valence-corrected chi connectivity index (χ4v) is 4.04. The Balaban J connectivity index is 1.68. The number of hydrogen-bond donors (Lipinski definition) is 1. The van der Waals surface area contributed by atoms with Gasteiger partial charge in [-0.2, -0.15) is 15.1 Å². The second kappa shape index (κ2) is 4.81. The van der Waals surface area contributed by atoms with Crippen molar-refractivity contribution in [3.05, 3.63) is 6.20 Å². The molecule has 7 heteroatoms. The maximum absolute atomic E-state index is 6.10. The highest BCUT2D eigenvalue weighted by Gasteiger charge is 2.40. The van der Waals surface area contributed by atoms with Crippen LogP contribution >= 0.6 is 0 Å². The largest absolute Gasteiger partial charge is 0.383 e. The summed E-state index contributed by atoms with van der Waals surface area (Å²) in [5.74, 6) is 1.28. The van der Waals surface area contributed by atoms with Crippen LogP contribution in [0.5, 0.6) is 0 Å². The number of fused-ring (bicyclic) bond motifs is 1. The Hall–Kier alpha value is -1.89. The van der Waals surface area contributed by atoms with Crippen molar-refractivity contribution >= 4 is 22.8 Å². The van der Waals surface area contributed by atoms with E-state index in [4.69, 9.17) is 10.7 Å². The summed E-state index contributed by atoms with van der Waals surface area (Å²) in [6, 6.07) is 0. The molecule has 0 bridgehead atoms. The first-order valence-corrected chi connectivity index (χ1v) is 7.95. The van der Waals surface area contributed by atoms with Gasteiger partial charge >= 0.3 is 0 Å². The average molecular weight is 301 g/mol. The van der Waals surface area contributed by atoms with E-state index < -0.39 is 0 Å². The molecule has 4 rings (SSSR count). The van der Waals surface area contributed by atoms with E-state index in [1.807, 2.05) is 7.05 Å². The van der Waals surface area contributed by atoms with E-state index in [0.29, 0.717) is 11.2 Å². The number of hydrogen-bond acceptors (Lipinski definition) is 6. The van der Waals surface area contributed by atoms with Crippen LogP contribution in [0.1, 0.15) is 19.3 Å². The predicted molar refractivity (Wildman–Crippen MR) is 86.7 cm³/mol. The lowest BCUT2D eigenvalue weighted by molar-refractivity contribution is 0.233. The van der Waals surface area contributed by atoms with Gasteiger partial charge in [0.25, 0.3) is 0 Å². The summed E-state index contributed by atoms with van der Waals surface area (Å²) < 4.78 is 1.76. The third kappa shape index (κ3) is 2.11. The Morgan fingerprint density at radius 1 is 1.14 bits per heavy atom. The summed E-state index contributed by atoms with van der Waals surface area (Å²) in [6.07, 6.45) is 5.50. The van der Waals surface area contributed by atoms with Crippen molar-refractivity contribution in [1.82, 2.24) is 24.6 Å². The molecule has 2 saturated heterocycles. The van der Waals surface area contributed by atoms with Gasteiger partial charge in [-0.3, -0.25) is 4.68 Å². The van der Waals surface area contributed by atoms with Crippen molar-refractivity contribution < 1.29 is 0 Å². The third-order valence-electron chi connectivity index (χ3n) is 5.18. The fraction of sp³-hybridized carbons (Fsp3) is 0.667. The smallest absolute Gasteiger partial charge is 0.229 e.